The van der Waals surface area contributed by atoms with Gasteiger partial charge in [-0.15, -0.1) is 0 Å². The van der Waals surface area contributed by atoms with E-state index in [1.165, 1.54) is 18.5 Å². The van der Waals surface area contributed by atoms with E-state index in [2.05, 4.69) is 41.4 Å². The van der Waals surface area contributed by atoms with Gasteiger partial charge in [0, 0.05) is 24.3 Å². The van der Waals surface area contributed by atoms with Gasteiger partial charge in [0.2, 0.25) is 0 Å². The van der Waals surface area contributed by atoms with Crippen molar-refractivity contribution in [3.05, 3.63) is 59.7 Å². The van der Waals surface area contributed by atoms with E-state index < -0.39 is 0 Å². The largest absolute Gasteiger partial charge is 0.497 e. The van der Waals surface area contributed by atoms with Crippen molar-refractivity contribution in [3.63, 3.8) is 0 Å². The Bertz CT molecular complexity index is 734. The topological polar surface area (TPSA) is 41.6 Å². The summed E-state index contributed by atoms with van der Waals surface area (Å²) < 4.78 is 5.19. The Hall–Kier alpha value is -2.49. The van der Waals surface area contributed by atoms with Gasteiger partial charge >= 0.3 is 0 Å². The van der Waals surface area contributed by atoms with Crippen LogP contribution in [-0.4, -0.2) is 26.1 Å². The van der Waals surface area contributed by atoms with Gasteiger partial charge in [0.1, 0.15) is 5.75 Å². The molecule has 0 radical (unpaired) electrons. The first-order valence-electron chi connectivity index (χ1n) is 9.36. The number of piperidine rings is 1. The summed E-state index contributed by atoms with van der Waals surface area (Å²) in [6.07, 6.45) is 2.52. The number of amides is 1. The van der Waals surface area contributed by atoms with Crippen LogP contribution in [0.15, 0.2) is 48.5 Å². The molecular weight excluding hydrogens is 324 g/mol. The summed E-state index contributed by atoms with van der Waals surface area (Å²) in [4.78, 5) is 14.9. The van der Waals surface area contributed by atoms with Gasteiger partial charge in [0.15, 0.2) is 0 Å². The third-order valence-electron chi connectivity index (χ3n) is 5.22. The van der Waals surface area contributed by atoms with Crippen molar-refractivity contribution in [2.45, 2.75) is 32.7 Å². The molecule has 138 valence electrons. The van der Waals surface area contributed by atoms with Crippen LogP contribution in [0.2, 0.25) is 0 Å². The second-order valence-electron chi connectivity index (χ2n) is 7.19. The number of anilines is 1. The van der Waals surface area contributed by atoms with Crippen LogP contribution in [0.3, 0.4) is 0 Å². The number of hydrogen-bond donors (Lipinski definition) is 1. The van der Waals surface area contributed by atoms with Gasteiger partial charge in [-0.1, -0.05) is 25.1 Å². The molecular formula is C22H28N2O2. The predicted molar refractivity (Wildman–Crippen MR) is 106 cm³/mol. The molecule has 4 nitrogen and oxygen atoms in total. The number of rotatable bonds is 5. The fourth-order valence-electron chi connectivity index (χ4n) is 3.37. The minimum absolute atomic E-state index is 0.0517. The number of ether oxygens (including phenoxy) is 1. The van der Waals surface area contributed by atoms with E-state index in [0.717, 1.165) is 24.6 Å². The van der Waals surface area contributed by atoms with Gasteiger partial charge < -0.3 is 15.0 Å². The summed E-state index contributed by atoms with van der Waals surface area (Å²) in [6.45, 7) is 6.59. The average Bonchev–Trinajstić information content (AvgIpc) is 2.68. The normalized spacial score (nSPS) is 16.2. The highest BCUT2D eigenvalue weighted by Crippen LogP contribution is 2.24. The van der Waals surface area contributed by atoms with E-state index in [1.807, 2.05) is 19.1 Å². The fraction of sp³-hybridized carbons (Fsp3) is 0.409. The van der Waals surface area contributed by atoms with Crippen LogP contribution < -0.4 is 15.0 Å². The lowest BCUT2D eigenvalue weighted by molar-refractivity contribution is 0.0939. The highest BCUT2D eigenvalue weighted by atomic mass is 16.5. The lowest BCUT2D eigenvalue weighted by atomic mass is 9.98. The molecule has 0 aliphatic carbocycles. The van der Waals surface area contributed by atoms with Crippen molar-refractivity contribution in [1.82, 2.24) is 5.32 Å². The molecule has 1 aliphatic heterocycles. The molecule has 0 unspecified atom stereocenters. The molecule has 1 N–H and O–H groups in total. The van der Waals surface area contributed by atoms with E-state index in [9.17, 15) is 4.79 Å². The molecule has 0 bridgehead atoms. The minimum atomic E-state index is -0.0921. The maximum Gasteiger partial charge on any atom is 0.251 e. The van der Waals surface area contributed by atoms with Crippen LogP contribution >= 0.6 is 0 Å². The number of methoxy groups -OCH3 is 1. The van der Waals surface area contributed by atoms with Gasteiger partial charge in [-0.05, 0) is 61.6 Å². The monoisotopic (exact) mass is 352 g/mol. The van der Waals surface area contributed by atoms with Crippen LogP contribution in [0.4, 0.5) is 5.69 Å². The van der Waals surface area contributed by atoms with Crippen molar-refractivity contribution >= 4 is 11.6 Å². The quantitative estimate of drug-likeness (QED) is 0.866. The van der Waals surface area contributed by atoms with E-state index in [1.54, 1.807) is 19.2 Å². The highest BCUT2D eigenvalue weighted by Gasteiger charge is 2.17. The molecule has 2 aromatic rings. The van der Waals surface area contributed by atoms with Gasteiger partial charge in [-0.25, -0.2) is 0 Å². The third-order valence-corrected chi connectivity index (χ3v) is 5.22. The summed E-state index contributed by atoms with van der Waals surface area (Å²) in [5.41, 5.74) is 2.98. The van der Waals surface area contributed by atoms with Crippen LogP contribution in [0.25, 0.3) is 0 Å². The van der Waals surface area contributed by atoms with E-state index in [4.69, 9.17) is 4.74 Å². The zero-order valence-corrected chi connectivity index (χ0v) is 15.9. The molecule has 0 spiro atoms. The first-order valence-corrected chi connectivity index (χ1v) is 9.36. The van der Waals surface area contributed by atoms with Crippen molar-refractivity contribution in [2.24, 2.45) is 5.92 Å². The minimum Gasteiger partial charge on any atom is -0.497 e. The van der Waals surface area contributed by atoms with Gasteiger partial charge in [-0.3, -0.25) is 4.79 Å². The second-order valence-corrected chi connectivity index (χ2v) is 7.19. The molecule has 1 saturated heterocycles. The molecule has 1 amide bonds. The third kappa shape index (κ3) is 4.37. The summed E-state index contributed by atoms with van der Waals surface area (Å²) in [7, 11) is 1.60. The number of carbonyl (C=O) groups is 1. The Labute approximate surface area is 156 Å². The van der Waals surface area contributed by atoms with E-state index in [0.29, 0.717) is 11.3 Å². The highest BCUT2D eigenvalue weighted by molar-refractivity contribution is 5.94. The lowest BCUT2D eigenvalue weighted by Crippen LogP contribution is -2.32. The molecule has 1 fully saturated rings. The Morgan fingerprint density at radius 2 is 1.85 bits per heavy atom. The Kier molecular flexibility index (Phi) is 5.82. The predicted octanol–water partition coefficient (Wildman–Crippen LogP) is 4.42. The molecule has 2 aromatic carbocycles. The fourth-order valence-corrected chi connectivity index (χ4v) is 3.37. The first kappa shape index (κ1) is 18.3. The van der Waals surface area contributed by atoms with Crippen LogP contribution in [0.5, 0.6) is 5.75 Å². The molecule has 3 rings (SSSR count). The number of nitrogens with zero attached hydrogens (tertiary/aromatic N) is 1. The maximum absolute atomic E-state index is 12.5. The molecule has 26 heavy (non-hydrogen) atoms. The lowest BCUT2D eigenvalue weighted by Gasteiger charge is -2.32. The Morgan fingerprint density at radius 1 is 1.15 bits per heavy atom. The van der Waals surface area contributed by atoms with Crippen molar-refractivity contribution in [3.8, 4) is 5.75 Å². The standard InChI is InChI=1S/C22H28N2O2/c1-16-11-13-24(14-12-16)20-9-7-18(8-10-20)17(2)23-22(25)19-5-4-6-21(15-19)26-3/h4-10,15-17H,11-14H2,1-3H3,(H,23,25)/t17-/m0/s1. The smallest absolute Gasteiger partial charge is 0.251 e. The molecule has 1 atom stereocenters. The summed E-state index contributed by atoms with van der Waals surface area (Å²) in [5, 5.41) is 3.06. The summed E-state index contributed by atoms with van der Waals surface area (Å²) in [6, 6.07) is 15.7. The number of benzene rings is 2. The van der Waals surface area contributed by atoms with E-state index in [-0.39, 0.29) is 11.9 Å². The molecule has 1 heterocycles. The van der Waals surface area contributed by atoms with Gasteiger partial charge in [0.25, 0.3) is 5.91 Å². The van der Waals surface area contributed by atoms with Gasteiger partial charge in [0.05, 0.1) is 13.2 Å². The van der Waals surface area contributed by atoms with Crippen LogP contribution in [0, 0.1) is 5.92 Å². The zero-order valence-electron chi connectivity index (χ0n) is 15.9. The Balaban J connectivity index is 1.62. The summed E-state index contributed by atoms with van der Waals surface area (Å²) in [5.74, 6) is 1.42. The van der Waals surface area contributed by atoms with Crippen LogP contribution in [-0.2, 0) is 0 Å². The van der Waals surface area contributed by atoms with Crippen molar-refractivity contribution in [1.29, 1.82) is 0 Å². The first-order chi connectivity index (χ1) is 12.6. The molecule has 1 aliphatic rings. The molecule has 4 heteroatoms. The number of nitrogens with one attached hydrogen (secondary N) is 1. The SMILES string of the molecule is COc1cccc(C(=O)N[C@@H](C)c2ccc(N3CCC(C)CC3)cc2)c1. The Morgan fingerprint density at radius 3 is 2.50 bits per heavy atom. The van der Waals surface area contributed by atoms with Crippen molar-refractivity contribution in [2.75, 3.05) is 25.1 Å². The number of hydrogen-bond acceptors (Lipinski definition) is 3. The van der Waals surface area contributed by atoms with E-state index >= 15 is 0 Å². The molecule has 0 aromatic heterocycles. The zero-order chi connectivity index (χ0) is 18.5. The van der Waals surface area contributed by atoms with Crippen molar-refractivity contribution < 1.29 is 9.53 Å². The maximum atomic E-state index is 12.5. The van der Waals surface area contributed by atoms with Gasteiger partial charge in [-0.2, -0.15) is 0 Å². The average molecular weight is 352 g/mol. The summed E-state index contributed by atoms with van der Waals surface area (Å²) >= 11 is 0. The second kappa shape index (κ2) is 8.26. The van der Waals surface area contributed by atoms with Crippen LogP contribution in [0.1, 0.15) is 48.7 Å². The number of carbonyl (C=O) groups excluding carboxylic acids is 1. The molecule has 0 saturated carbocycles.